The first-order valence-corrected chi connectivity index (χ1v) is 11.3. The van der Waals surface area contributed by atoms with Crippen molar-refractivity contribution in [1.82, 2.24) is 19.8 Å². The number of urea groups is 1. The number of carbonyl (C=O) groups excluding carboxylic acids is 2. The largest absolute Gasteiger partial charge is 0.493 e. The van der Waals surface area contributed by atoms with E-state index >= 15 is 0 Å². The van der Waals surface area contributed by atoms with Gasteiger partial charge in [-0.25, -0.2) is 9.78 Å². The van der Waals surface area contributed by atoms with Crippen LogP contribution in [0.3, 0.4) is 0 Å². The van der Waals surface area contributed by atoms with Gasteiger partial charge in [0.1, 0.15) is 6.54 Å². The zero-order chi connectivity index (χ0) is 24.1. The number of hydrogen-bond donors (Lipinski definition) is 2. The molecule has 1 aliphatic carbocycles. The summed E-state index contributed by atoms with van der Waals surface area (Å²) in [7, 11) is 3.15. The summed E-state index contributed by atoms with van der Waals surface area (Å²) in [5.41, 5.74) is 2.36. The third-order valence-electron chi connectivity index (χ3n) is 5.56. The summed E-state index contributed by atoms with van der Waals surface area (Å²) < 4.78 is 12.6. The van der Waals surface area contributed by atoms with Crippen molar-refractivity contribution in [3.05, 3.63) is 54.7 Å². The number of imidazole rings is 1. The molecule has 1 saturated carbocycles. The Hall–Kier alpha value is -4.01. The molecule has 2 aromatic carbocycles. The summed E-state index contributed by atoms with van der Waals surface area (Å²) in [5, 5.41) is 5.68. The predicted octanol–water partition coefficient (Wildman–Crippen LogP) is 3.69. The Morgan fingerprint density at radius 3 is 2.47 bits per heavy atom. The van der Waals surface area contributed by atoms with Crippen molar-refractivity contribution >= 4 is 17.9 Å². The second-order valence-electron chi connectivity index (χ2n) is 7.97. The molecule has 9 heteroatoms. The minimum Gasteiger partial charge on any atom is -0.493 e. The standard InChI is InChI=1S/C25H29N5O4/c1-4-26-25(32)30(18-10-11-18)16-23(31)28-24-27-20(17-8-6-5-7-9-17)15-29(24)19-12-13-21(33-2)22(14-19)34-3/h5-9,12-15,18H,4,10-11,16H2,1-3H3,(H,26,32)(H,27,28,31). The van der Waals surface area contributed by atoms with Crippen molar-refractivity contribution < 1.29 is 19.1 Å². The molecule has 0 atom stereocenters. The van der Waals surface area contributed by atoms with Gasteiger partial charge in [-0.15, -0.1) is 0 Å². The van der Waals surface area contributed by atoms with E-state index in [0.717, 1.165) is 24.1 Å². The van der Waals surface area contributed by atoms with Gasteiger partial charge in [0.05, 0.1) is 25.6 Å². The minimum atomic E-state index is -0.315. The summed E-state index contributed by atoms with van der Waals surface area (Å²) in [6.07, 6.45) is 3.67. The molecule has 3 amide bonds. The number of nitrogens with one attached hydrogen (secondary N) is 2. The highest BCUT2D eigenvalue weighted by Crippen LogP contribution is 2.32. The number of benzene rings is 2. The molecule has 0 saturated heterocycles. The molecule has 34 heavy (non-hydrogen) atoms. The van der Waals surface area contributed by atoms with E-state index in [-0.39, 0.29) is 24.5 Å². The Kier molecular flexibility index (Phi) is 7.01. The van der Waals surface area contributed by atoms with E-state index in [1.54, 1.807) is 29.8 Å². The fourth-order valence-corrected chi connectivity index (χ4v) is 3.71. The Bertz CT molecular complexity index is 1160. The number of ether oxygens (including phenoxy) is 2. The van der Waals surface area contributed by atoms with Crippen LogP contribution in [0.1, 0.15) is 19.8 Å². The van der Waals surface area contributed by atoms with Gasteiger partial charge in [-0.05, 0) is 31.9 Å². The van der Waals surface area contributed by atoms with E-state index in [0.29, 0.717) is 29.7 Å². The van der Waals surface area contributed by atoms with Crippen LogP contribution in [0.2, 0.25) is 0 Å². The second kappa shape index (κ2) is 10.3. The Morgan fingerprint density at radius 1 is 1.09 bits per heavy atom. The predicted molar refractivity (Wildman–Crippen MR) is 130 cm³/mol. The SMILES string of the molecule is CCNC(=O)N(CC(=O)Nc1nc(-c2ccccc2)cn1-c1ccc(OC)c(OC)c1)C1CC1. The lowest BCUT2D eigenvalue weighted by molar-refractivity contribution is -0.116. The Labute approximate surface area is 198 Å². The quantitative estimate of drug-likeness (QED) is 0.504. The molecule has 4 rings (SSSR count). The molecule has 178 valence electrons. The summed E-state index contributed by atoms with van der Waals surface area (Å²) in [5.74, 6) is 1.19. The fraction of sp³-hybridized carbons (Fsp3) is 0.320. The van der Waals surface area contributed by atoms with Crippen molar-refractivity contribution in [2.75, 3.05) is 32.6 Å². The van der Waals surface area contributed by atoms with E-state index in [2.05, 4.69) is 15.6 Å². The molecule has 1 aromatic heterocycles. The molecule has 0 spiro atoms. The molecule has 0 radical (unpaired) electrons. The average molecular weight is 464 g/mol. The first-order chi connectivity index (χ1) is 16.5. The van der Waals surface area contributed by atoms with Gasteiger partial charge < -0.3 is 19.7 Å². The maximum Gasteiger partial charge on any atom is 0.318 e. The molecule has 0 unspecified atom stereocenters. The summed E-state index contributed by atoms with van der Waals surface area (Å²) in [6.45, 7) is 2.32. The van der Waals surface area contributed by atoms with E-state index in [1.807, 2.05) is 55.6 Å². The maximum atomic E-state index is 13.0. The lowest BCUT2D eigenvalue weighted by atomic mass is 10.2. The summed E-state index contributed by atoms with van der Waals surface area (Å²) >= 11 is 0. The highest BCUT2D eigenvalue weighted by molar-refractivity contribution is 5.93. The van der Waals surface area contributed by atoms with Crippen molar-refractivity contribution in [2.24, 2.45) is 0 Å². The van der Waals surface area contributed by atoms with Crippen LogP contribution in [-0.2, 0) is 4.79 Å². The average Bonchev–Trinajstić information content (AvgIpc) is 3.62. The molecule has 9 nitrogen and oxygen atoms in total. The van der Waals surface area contributed by atoms with Crippen LogP contribution in [-0.4, -0.2) is 59.7 Å². The smallest absolute Gasteiger partial charge is 0.318 e. The van der Waals surface area contributed by atoms with Crippen LogP contribution in [0.5, 0.6) is 11.5 Å². The normalized spacial score (nSPS) is 12.7. The maximum absolute atomic E-state index is 13.0. The van der Waals surface area contributed by atoms with Gasteiger partial charge in [-0.3, -0.25) is 14.7 Å². The van der Waals surface area contributed by atoms with E-state index in [1.165, 1.54) is 0 Å². The Balaban J connectivity index is 1.65. The number of anilines is 1. The van der Waals surface area contributed by atoms with E-state index < -0.39 is 0 Å². The zero-order valence-corrected chi connectivity index (χ0v) is 19.6. The van der Waals surface area contributed by atoms with Crippen LogP contribution in [0.15, 0.2) is 54.7 Å². The number of aromatic nitrogens is 2. The monoisotopic (exact) mass is 463 g/mol. The minimum absolute atomic E-state index is 0.0457. The third-order valence-corrected chi connectivity index (χ3v) is 5.56. The van der Waals surface area contributed by atoms with Gasteiger partial charge in [0.25, 0.3) is 0 Å². The van der Waals surface area contributed by atoms with Gasteiger partial charge in [-0.2, -0.15) is 0 Å². The van der Waals surface area contributed by atoms with Crippen LogP contribution in [0.4, 0.5) is 10.7 Å². The van der Waals surface area contributed by atoms with Gasteiger partial charge in [0, 0.05) is 30.4 Å². The van der Waals surface area contributed by atoms with Crippen molar-refractivity contribution in [1.29, 1.82) is 0 Å². The van der Waals surface area contributed by atoms with Crippen LogP contribution >= 0.6 is 0 Å². The molecular formula is C25H29N5O4. The van der Waals surface area contributed by atoms with Gasteiger partial charge in [-0.1, -0.05) is 30.3 Å². The first-order valence-electron chi connectivity index (χ1n) is 11.3. The summed E-state index contributed by atoms with van der Waals surface area (Å²) in [4.78, 5) is 31.7. The van der Waals surface area contributed by atoms with Gasteiger partial charge in [0.15, 0.2) is 11.5 Å². The van der Waals surface area contributed by atoms with Gasteiger partial charge in [0.2, 0.25) is 11.9 Å². The lowest BCUT2D eigenvalue weighted by Crippen LogP contribution is -2.45. The highest BCUT2D eigenvalue weighted by Gasteiger charge is 2.34. The van der Waals surface area contributed by atoms with Crippen LogP contribution < -0.4 is 20.1 Å². The highest BCUT2D eigenvalue weighted by atomic mass is 16.5. The number of amides is 3. The number of hydrogen-bond acceptors (Lipinski definition) is 5. The zero-order valence-electron chi connectivity index (χ0n) is 19.6. The molecule has 1 aliphatic rings. The molecule has 2 N–H and O–H groups in total. The van der Waals surface area contributed by atoms with Crippen molar-refractivity contribution in [3.8, 4) is 28.4 Å². The van der Waals surface area contributed by atoms with Crippen molar-refractivity contribution in [3.63, 3.8) is 0 Å². The molecule has 0 bridgehead atoms. The lowest BCUT2D eigenvalue weighted by Gasteiger charge is -2.22. The molecule has 1 heterocycles. The van der Waals surface area contributed by atoms with Crippen LogP contribution in [0.25, 0.3) is 16.9 Å². The number of carbonyl (C=O) groups is 2. The second-order valence-corrected chi connectivity index (χ2v) is 7.97. The molecule has 0 aliphatic heterocycles. The van der Waals surface area contributed by atoms with Gasteiger partial charge >= 0.3 is 6.03 Å². The number of rotatable bonds is 9. The number of methoxy groups -OCH3 is 2. The Morgan fingerprint density at radius 2 is 1.82 bits per heavy atom. The first kappa shape index (κ1) is 23.2. The number of nitrogens with zero attached hydrogens (tertiary/aromatic N) is 3. The summed E-state index contributed by atoms with van der Waals surface area (Å²) in [6, 6.07) is 15.1. The molecule has 3 aromatic rings. The van der Waals surface area contributed by atoms with Crippen molar-refractivity contribution in [2.45, 2.75) is 25.8 Å². The molecule has 1 fully saturated rings. The molecular weight excluding hydrogens is 434 g/mol. The van der Waals surface area contributed by atoms with E-state index in [9.17, 15) is 9.59 Å². The fourth-order valence-electron chi connectivity index (χ4n) is 3.71. The topological polar surface area (TPSA) is 97.7 Å². The van der Waals surface area contributed by atoms with Crippen LogP contribution in [0, 0.1) is 0 Å². The van der Waals surface area contributed by atoms with E-state index in [4.69, 9.17) is 9.47 Å². The third kappa shape index (κ3) is 5.14.